The van der Waals surface area contributed by atoms with Crippen molar-refractivity contribution in [3.05, 3.63) is 11.9 Å². The van der Waals surface area contributed by atoms with Gasteiger partial charge in [0.05, 0.1) is 19.0 Å². The van der Waals surface area contributed by atoms with Gasteiger partial charge in [-0.05, 0) is 12.8 Å². The Kier molecular flexibility index (Phi) is 4.67. The summed E-state index contributed by atoms with van der Waals surface area (Å²) in [4.78, 5) is 4.31. The van der Waals surface area contributed by atoms with Crippen molar-refractivity contribution in [3.63, 3.8) is 0 Å². The topological polar surface area (TPSA) is 52.3 Å². The van der Waals surface area contributed by atoms with Crippen LogP contribution in [0.2, 0.25) is 0 Å². The number of hydrogen-bond donors (Lipinski definition) is 0. The maximum atomic E-state index is 5.34. The van der Waals surface area contributed by atoms with Crippen molar-refractivity contribution < 1.29 is 4.74 Å². The molecule has 1 aliphatic rings. The second kappa shape index (κ2) is 6.49. The van der Waals surface area contributed by atoms with E-state index in [4.69, 9.17) is 4.74 Å². The van der Waals surface area contributed by atoms with E-state index in [-0.39, 0.29) is 0 Å². The minimum Gasteiger partial charge on any atom is -0.381 e. The van der Waals surface area contributed by atoms with Gasteiger partial charge in [-0.3, -0.25) is 9.67 Å². The summed E-state index contributed by atoms with van der Waals surface area (Å²) in [5.74, 6) is 0.585. The zero-order valence-corrected chi connectivity index (χ0v) is 10.4. The third-order valence-electron chi connectivity index (χ3n) is 2.89. The van der Waals surface area contributed by atoms with Gasteiger partial charge in [0.1, 0.15) is 5.69 Å². The van der Waals surface area contributed by atoms with Crippen LogP contribution >= 0.6 is 0 Å². The van der Waals surface area contributed by atoms with Gasteiger partial charge in [0.25, 0.3) is 0 Å². The molecule has 0 bridgehead atoms. The normalized spacial score (nSPS) is 20.4. The van der Waals surface area contributed by atoms with Crippen LogP contribution in [-0.2, 0) is 11.3 Å². The Morgan fingerprint density at radius 1 is 1.65 bits per heavy atom. The zero-order chi connectivity index (χ0) is 11.9. The Morgan fingerprint density at radius 2 is 2.59 bits per heavy atom. The molecule has 1 atom stereocenters. The third-order valence-corrected chi connectivity index (χ3v) is 2.89. The van der Waals surface area contributed by atoms with Gasteiger partial charge in [0.2, 0.25) is 0 Å². The van der Waals surface area contributed by atoms with Gasteiger partial charge in [-0.2, -0.15) is 0 Å². The first-order valence-corrected chi connectivity index (χ1v) is 6.36. The molecule has 1 fully saturated rings. The fraction of sp³-hybridized carbons (Fsp3) is 0.750. The van der Waals surface area contributed by atoms with Crippen LogP contribution < -0.4 is 0 Å². The van der Waals surface area contributed by atoms with Crippen LogP contribution in [0.1, 0.15) is 31.9 Å². The number of unbranched alkanes of at least 4 members (excludes halogenated alkanes) is 1. The van der Waals surface area contributed by atoms with Crippen LogP contribution in [-0.4, -0.2) is 41.0 Å². The Morgan fingerprint density at radius 3 is 3.35 bits per heavy atom. The van der Waals surface area contributed by atoms with Crippen molar-refractivity contribution in [2.24, 2.45) is 10.9 Å². The first-order valence-electron chi connectivity index (χ1n) is 6.36. The molecule has 0 saturated carbocycles. The van der Waals surface area contributed by atoms with E-state index in [0.29, 0.717) is 5.92 Å². The van der Waals surface area contributed by atoms with E-state index in [2.05, 4.69) is 22.2 Å². The molecule has 94 valence electrons. The van der Waals surface area contributed by atoms with Crippen molar-refractivity contribution in [3.8, 4) is 0 Å². The Balaban J connectivity index is 1.80. The third kappa shape index (κ3) is 3.93. The quantitative estimate of drug-likeness (QED) is 0.556. The zero-order valence-electron chi connectivity index (χ0n) is 10.4. The number of rotatable bonds is 6. The number of hydrogen-bond acceptors (Lipinski definition) is 4. The standard InChI is InChI=1S/C12H20N4O/c1-2-3-5-13-7-12-9-16(15-14-12)8-11-4-6-17-10-11/h7,9,11H,2-6,8,10H2,1H3. The van der Waals surface area contributed by atoms with E-state index in [1.807, 2.05) is 17.1 Å². The SMILES string of the molecule is CCCCN=Cc1cn(CC2CCOC2)nn1. The highest BCUT2D eigenvalue weighted by Crippen LogP contribution is 2.13. The number of nitrogens with zero attached hydrogens (tertiary/aromatic N) is 4. The lowest BCUT2D eigenvalue weighted by atomic mass is 10.1. The molecule has 1 aromatic heterocycles. The predicted molar refractivity (Wildman–Crippen MR) is 66.3 cm³/mol. The molecule has 17 heavy (non-hydrogen) atoms. The van der Waals surface area contributed by atoms with E-state index in [9.17, 15) is 0 Å². The fourth-order valence-electron chi connectivity index (χ4n) is 1.86. The molecule has 1 aliphatic heterocycles. The summed E-state index contributed by atoms with van der Waals surface area (Å²) in [5, 5.41) is 8.18. The van der Waals surface area contributed by atoms with Crippen LogP contribution in [0.3, 0.4) is 0 Å². The monoisotopic (exact) mass is 236 g/mol. The van der Waals surface area contributed by atoms with Crippen molar-refractivity contribution >= 4 is 6.21 Å². The minimum absolute atomic E-state index is 0.585. The lowest BCUT2D eigenvalue weighted by Crippen LogP contribution is -2.11. The van der Waals surface area contributed by atoms with E-state index < -0.39 is 0 Å². The number of aliphatic imine (C=N–C) groups is 1. The summed E-state index contributed by atoms with van der Waals surface area (Å²) < 4.78 is 7.23. The van der Waals surface area contributed by atoms with Crippen molar-refractivity contribution in [2.45, 2.75) is 32.7 Å². The van der Waals surface area contributed by atoms with E-state index >= 15 is 0 Å². The first kappa shape index (κ1) is 12.2. The van der Waals surface area contributed by atoms with Crippen LogP contribution in [0.25, 0.3) is 0 Å². The van der Waals surface area contributed by atoms with Gasteiger partial charge in [0, 0.05) is 25.6 Å². The molecule has 0 aromatic carbocycles. The predicted octanol–water partition coefficient (Wildman–Crippen LogP) is 1.53. The summed E-state index contributed by atoms with van der Waals surface area (Å²) in [7, 11) is 0. The van der Waals surface area contributed by atoms with Crippen molar-refractivity contribution in [1.29, 1.82) is 0 Å². The van der Waals surface area contributed by atoms with Gasteiger partial charge in [-0.1, -0.05) is 18.6 Å². The molecule has 0 aliphatic carbocycles. The molecule has 1 unspecified atom stereocenters. The van der Waals surface area contributed by atoms with Gasteiger partial charge < -0.3 is 4.74 Å². The molecule has 5 nitrogen and oxygen atoms in total. The highest BCUT2D eigenvalue weighted by Gasteiger charge is 2.16. The molecule has 5 heteroatoms. The molecule has 2 rings (SSSR count). The summed E-state index contributed by atoms with van der Waals surface area (Å²) in [6, 6.07) is 0. The smallest absolute Gasteiger partial charge is 0.123 e. The highest BCUT2D eigenvalue weighted by molar-refractivity contribution is 5.76. The van der Waals surface area contributed by atoms with Gasteiger partial charge in [0.15, 0.2) is 0 Å². The van der Waals surface area contributed by atoms with Crippen LogP contribution in [0, 0.1) is 5.92 Å². The van der Waals surface area contributed by atoms with E-state index in [1.165, 1.54) is 6.42 Å². The Hall–Kier alpha value is -1.23. The fourth-order valence-corrected chi connectivity index (χ4v) is 1.86. The molecule has 1 saturated heterocycles. The second-order valence-electron chi connectivity index (χ2n) is 4.48. The molecule has 2 heterocycles. The molecular weight excluding hydrogens is 216 g/mol. The van der Waals surface area contributed by atoms with Crippen molar-refractivity contribution in [2.75, 3.05) is 19.8 Å². The summed E-state index contributed by atoms with van der Waals surface area (Å²) >= 11 is 0. The summed E-state index contributed by atoms with van der Waals surface area (Å²) in [5.41, 5.74) is 0.847. The lowest BCUT2D eigenvalue weighted by Gasteiger charge is -2.05. The Labute approximate surface area is 102 Å². The summed E-state index contributed by atoms with van der Waals surface area (Å²) in [6.45, 7) is 5.66. The average molecular weight is 236 g/mol. The van der Waals surface area contributed by atoms with Crippen LogP contribution in [0.5, 0.6) is 0 Å². The molecule has 0 radical (unpaired) electrons. The highest BCUT2D eigenvalue weighted by atomic mass is 16.5. The molecule has 0 amide bonds. The largest absolute Gasteiger partial charge is 0.381 e. The Bertz CT molecular complexity index is 355. The molecule has 1 aromatic rings. The lowest BCUT2D eigenvalue weighted by molar-refractivity contribution is 0.181. The molecule has 0 N–H and O–H groups in total. The molecule has 0 spiro atoms. The van der Waals surface area contributed by atoms with Crippen molar-refractivity contribution in [1.82, 2.24) is 15.0 Å². The summed E-state index contributed by atoms with van der Waals surface area (Å²) in [6.07, 6.45) is 7.19. The number of ether oxygens (including phenoxy) is 1. The first-order chi connectivity index (χ1) is 8.38. The number of aromatic nitrogens is 3. The van der Waals surface area contributed by atoms with Crippen LogP contribution in [0.15, 0.2) is 11.2 Å². The van der Waals surface area contributed by atoms with Gasteiger partial charge in [-0.25, -0.2) is 0 Å². The maximum Gasteiger partial charge on any atom is 0.123 e. The minimum atomic E-state index is 0.585. The van der Waals surface area contributed by atoms with Gasteiger partial charge in [-0.15, -0.1) is 5.10 Å². The van der Waals surface area contributed by atoms with Crippen LogP contribution in [0.4, 0.5) is 0 Å². The van der Waals surface area contributed by atoms with E-state index in [1.54, 1.807) is 0 Å². The van der Waals surface area contributed by atoms with E-state index in [0.717, 1.165) is 44.8 Å². The second-order valence-corrected chi connectivity index (χ2v) is 4.48. The maximum absolute atomic E-state index is 5.34. The average Bonchev–Trinajstić information content (AvgIpc) is 2.97. The van der Waals surface area contributed by atoms with Gasteiger partial charge >= 0.3 is 0 Å². The molecular formula is C12H20N4O.